The van der Waals surface area contributed by atoms with E-state index in [9.17, 15) is 18.0 Å². The van der Waals surface area contributed by atoms with Gasteiger partial charge in [0, 0.05) is 0 Å². The summed E-state index contributed by atoms with van der Waals surface area (Å²) in [7, 11) is -3.24. The maximum atomic E-state index is 11.4. The molecule has 2 heterocycles. The van der Waals surface area contributed by atoms with Crippen LogP contribution in [0, 0.1) is 0 Å². The van der Waals surface area contributed by atoms with Gasteiger partial charge in [-0.25, -0.2) is 8.42 Å². The molecule has 78 valence electrons. The summed E-state index contributed by atoms with van der Waals surface area (Å²) in [6.45, 7) is -0.184. The molecule has 0 aliphatic carbocycles. The van der Waals surface area contributed by atoms with E-state index in [1.165, 1.54) is 4.90 Å². The Morgan fingerprint density at radius 3 is 2.86 bits per heavy atom. The second-order valence-corrected chi connectivity index (χ2v) is 5.45. The van der Waals surface area contributed by atoms with Gasteiger partial charge in [0.25, 0.3) is 0 Å². The highest BCUT2D eigenvalue weighted by Gasteiger charge is 2.55. The van der Waals surface area contributed by atoms with Crippen LogP contribution in [0.15, 0.2) is 0 Å². The number of aldehydes is 1. The minimum atomic E-state index is -3.24. The Balaban J connectivity index is 2.13. The number of ether oxygens (including phenoxy) is 1. The molecule has 6 nitrogen and oxygen atoms in total. The maximum Gasteiger partial charge on any atom is 0.228 e. The number of hydrogen-bond acceptors (Lipinski definition) is 5. The van der Waals surface area contributed by atoms with Gasteiger partial charge in [-0.2, -0.15) is 0 Å². The first-order chi connectivity index (χ1) is 6.56. The van der Waals surface area contributed by atoms with Crippen LogP contribution >= 0.6 is 0 Å². The Morgan fingerprint density at radius 1 is 1.57 bits per heavy atom. The molecule has 1 amide bonds. The third-order valence-electron chi connectivity index (χ3n) is 2.40. The molecule has 0 aromatic heterocycles. The summed E-state index contributed by atoms with van der Waals surface area (Å²) in [6.07, 6.45) is -0.190. The monoisotopic (exact) mass is 219 g/mol. The average molecular weight is 219 g/mol. The van der Waals surface area contributed by atoms with Crippen molar-refractivity contribution in [2.75, 3.05) is 12.4 Å². The summed E-state index contributed by atoms with van der Waals surface area (Å²) < 4.78 is 27.7. The van der Waals surface area contributed by atoms with Crippen LogP contribution < -0.4 is 0 Å². The summed E-state index contributed by atoms with van der Waals surface area (Å²) in [5, 5.41) is -0.716. The van der Waals surface area contributed by atoms with Crippen LogP contribution in [0.25, 0.3) is 0 Å². The first kappa shape index (κ1) is 9.60. The van der Waals surface area contributed by atoms with Crippen LogP contribution in [0.1, 0.15) is 6.42 Å². The average Bonchev–Trinajstić information content (AvgIpc) is 2.29. The van der Waals surface area contributed by atoms with E-state index >= 15 is 0 Å². The lowest BCUT2D eigenvalue weighted by Gasteiger charge is -2.35. The molecular weight excluding hydrogens is 210 g/mol. The lowest BCUT2D eigenvalue weighted by molar-refractivity contribution is -0.158. The zero-order valence-corrected chi connectivity index (χ0v) is 8.07. The number of carbonyl (C=O) groups is 2. The van der Waals surface area contributed by atoms with Crippen molar-refractivity contribution in [1.29, 1.82) is 0 Å². The number of β-lactam (4-membered cyclic amide) rings is 1. The highest BCUT2D eigenvalue weighted by molar-refractivity contribution is 7.92. The summed E-state index contributed by atoms with van der Waals surface area (Å²) in [5.74, 6) is -0.427. The normalized spacial score (nSPS) is 33.7. The van der Waals surface area contributed by atoms with E-state index in [4.69, 9.17) is 4.74 Å². The van der Waals surface area contributed by atoms with Crippen LogP contribution in [-0.2, 0) is 24.2 Å². The molecule has 14 heavy (non-hydrogen) atoms. The molecule has 7 heteroatoms. The smallest absolute Gasteiger partial charge is 0.228 e. The Kier molecular flexibility index (Phi) is 2.07. The van der Waals surface area contributed by atoms with Crippen molar-refractivity contribution >= 4 is 22.0 Å². The molecule has 2 aliphatic rings. The largest absolute Gasteiger partial charge is 0.350 e. The van der Waals surface area contributed by atoms with Gasteiger partial charge in [-0.3, -0.25) is 9.69 Å². The highest BCUT2D eigenvalue weighted by Crippen LogP contribution is 2.34. The Labute approximate surface area is 80.7 Å². The van der Waals surface area contributed by atoms with E-state index in [1.54, 1.807) is 0 Å². The van der Waals surface area contributed by atoms with Crippen LogP contribution in [-0.4, -0.2) is 49.5 Å². The summed E-state index contributed by atoms with van der Waals surface area (Å²) in [6, 6.07) is 0. The van der Waals surface area contributed by atoms with E-state index < -0.39 is 21.4 Å². The number of hydrogen-bond donors (Lipinski definition) is 0. The van der Waals surface area contributed by atoms with Gasteiger partial charge in [0.2, 0.25) is 5.91 Å². The first-order valence-electron chi connectivity index (χ1n) is 4.14. The predicted octanol–water partition coefficient (Wildman–Crippen LogP) is -1.49. The van der Waals surface area contributed by atoms with Gasteiger partial charge in [0.1, 0.15) is 24.5 Å². The number of fused-ring (bicyclic) bond motifs is 1. The van der Waals surface area contributed by atoms with E-state index in [0.717, 1.165) is 0 Å². The van der Waals surface area contributed by atoms with Crippen LogP contribution in [0.3, 0.4) is 0 Å². The minimum absolute atomic E-state index is 0.0449. The molecule has 2 rings (SSSR count). The fourth-order valence-corrected chi connectivity index (χ4v) is 3.59. The lowest BCUT2D eigenvalue weighted by atomic mass is 10.2. The van der Waals surface area contributed by atoms with Gasteiger partial charge in [0.05, 0.1) is 12.2 Å². The highest BCUT2D eigenvalue weighted by atomic mass is 32.2. The quantitative estimate of drug-likeness (QED) is 0.427. The van der Waals surface area contributed by atoms with Gasteiger partial charge in [0.15, 0.2) is 9.84 Å². The van der Waals surface area contributed by atoms with Gasteiger partial charge >= 0.3 is 0 Å². The molecule has 0 aromatic carbocycles. The number of carbonyl (C=O) groups excluding carboxylic acids is 2. The van der Waals surface area contributed by atoms with Gasteiger partial charge < -0.3 is 9.53 Å². The molecule has 1 unspecified atom stereocenters. The topological polar surface area (TPSA) is 80.8 Å². The van der Waals surface area contributed by atoms with Crippen molar-refractivity contribution < 1.29 is 22.7 Å². The van der Waals surface area contributed by atoms with Crippen molar-refractivity contribution in [3.8, 4) is 0 Å². The maximum absolute atomic E-state index is 11.4. The van der Waals surface area contributed by atoms with E-state index in [2.05, 4.69) is 0 Å². The number of nitrogens with zero attached hydrogens (tertiary/aromatic N) is 1. The van der Waals surface area contributed by atoms with Crippen molar-refractivity contribution in [3.63, 3.8) is 0 Å². The van der Waals surface area contributed by atoms with Gasteiger partial charge in [-0.05, 0) is 0 Å². The van der Waals surface area contributed by atoms with Crippen LogP contribution in [0.2, 0.25) is 0 Å². The Bertz CT molecular complexity index is 376. The summed E-state index contributed by atoms with van der Waals surface area (Å²) in [5.41, 5.74) is 0. The molecule has 0 radical (unpaired) electrons. The molecule has 0 spiro atoms. The minimum Gasteiger partial charge on any atom is -0.350 e. The summed E-state index contributed by atoms with van der Waals surface area (Å²) >= 11 is 0. The predicted molar refractivity (Wildman–Crippen MR) is 44.8 cm³/mol. The molecule has 0 N–H and O–H groups in total. The van der Waals surface area contributed by atoms with Crippen molar-refractivity contribution in [2.24, 2.45) is 0 Å². The zero-order valence-electron chi connectivity index (χ0n) is 7.25. The number of sulfone groups is 1. The standard InChI is InChI=1S/C7H9NO5S/c9-1-2-13-6-4-14(11,12)7-3-5(10)8(6)7/h1,6-7H,2-4H2/t6?,7-/m1/s1. The van der Waals surface area contributed by atoms with E-state index in [1.807, 2.05) is 0 Å². The second-order valence-electron chi connectivity index (χ2n) is 3.24. The molecule has 2 atom stereocenters. The fourth-order valence-electron chi connectivity index (χ4n) is 1.72. The zero-order chi connectivity index (χ0) is 10.3. The summed E-state index contributed by atoms with van der Waals surface area (Å²) in [4.78, 5) is 22.3. The molecule has 2 saturated heterocycles. The third-order valence-corrected chi connectivity index (χ3v) is 4.38. The van der Waals surface area contributed by atoms with Crippen LogP contribution in [0.4, 0.5) is 0 Å². The van der Waals surface area contributed by atoms with Crippen LogP contribution in [0.5, 0.6) is 0 Å². The van der Waals surface area contributed by atoms with Gasteiger partial charge in [-0.15, -0.1) is 0 Å². The third kappa shape index (κ3) is 1.24. The molecule has 2 fully saturated rings. The SMILES string of the molecule is O=CCOC1CS(=O)(=O)[C@@H]2CC(=O)N12. The molecule has 2 aliphatic heterocycles. The number of amides is 1. The van der Waals surface area contributed by atoms with Crippen molar-refractivity contribution in [1.82, 2.24) is 4.90 Å². The van der Waals surface area contributed by atoms with Crippen molar-refractivity contribution in [2.45, 2.75) is 18.0 Å². The number of rotatable bonds is 3. The van der Waals surface area contributed by atoms with E-state index in [0.29, 0.717) is 6.29 Å². The molecule has 0 bridgehead atoms. The Hall–Kier alpha value is -0.950. The van der Waals surface area contributed by atoms with E-state index in [-0.39, 0.29) is 24.7 Å². The molecule has 0 aromatic rings. The molecular formula is C7H9NO5S. The van der Waals surface area contributed by atoms with Gasteiger partial charge in [-0.1, -0.05) is 0 Å². The molecule has 0 saturated carbocycles. The Morgan fingerprint density at radius 2 is 2.29 bits per heavy atom. The first-order valence-corrected chi connectivity index (χ1v) is 5.86. The van der Waals surface area contributed by atoms with Crippen molar-refractivity contribution in [3.05, 3.63) is 0 Å². The second kappa shape index (κ2) is 3.03. The fraction of sp³-hybridized carbons (Fsp3) is 0.714. The lowest BCUT2D eigenvalue weighted by Crippen LogP contribution is -2.54.